The van der Waals surface area contributed by atoms with E-state index >= 15 is 0 Å². The first-order valence-electron chi connectivity index (χ1n) is 4.56. The Kier molecular flexibility index (Phi) is 2.42. The van der Waals surface area contributed by atoms with Gasteiger partial charge >= 0.3 is 0 Å². The van der Waals surface area contributed by atoms with Gasteiger partial charge in [-0.25, -0.2) is 0 Å². The zero-order valence-corrected chi connectivity index (χ0v) is 8.14. The van der Waals surface area contributed by atoms with Gasteiger partial charge in [-0.05, 0) is 31.0 Å². The molecule has 1 atom stereocenters. The highest BCUT2D eigenvalue weighted by atomic mass is 35.5. The Balaban J connectivity index is 2.33. The molecule has 2 rings (SSSR count). The van der Waals surface area contributed by atoms with Crippen LogP contribution in [-0.4, -0.2) is 6.54 Å². The van der Waals surface area contributed by atoms with Crippen LogP contribution in [0.15, 0.2) is 18.2 Å². The second-order valence-corrected chi connectivity index (χ2v) is 3.78. The van der Waals surface area contributed by atoms with E-state index < -0.39 is 0 Å². The van der Waals surface area contributed by atoms with Gasteiger partial charge in [0.15, 0.2) is 0 Å². The number of nitrogens with two attached hydrogens (primary N) is 1. The highest BCUT2D eigenvalue weighted by Gasteiger charge is 2.18. The van der Waals surface area contributed by atoms with Crippen LogP contribution >= 0.6 is 11.6 Å². The molecular weight excluding hydrogens is 184 g/mol. The van der Waals surface area contributed by atoms with E-state index in [1.54, 1.807) is 0 Å². The largest absolute Gasteiger partial charge is 0.398 e. The molecule has 1 saturated heterocycles. The quantitative estimate of drug-likeness (QED) is 0.677. The first kappa shape index (κ1) is 8.85. The van der Waals surface area contributed by atoms with Gasteiger partial charge in [0.25, 0.3) is 0 Å². The summed E-state index contributed by atoms with van der Waals surface area (Å²) in [6.07, 6.45) is 2.37. The summed E-state index contributed by atoms with van der Waals surface area (Å²) in [7, 11) is 0. The maximum absolute atomic E-state index is 6.11. The minimum atomic E-state index is 0.399. The minimum absolute atomic E-state index is 0.399. The molecular formula is C10H13ClN2. The lowest BCUT2D eigenvalue weighted by molar-refractivity contribution is 0.648. The van der Waals surface area contributed by atoms with Crippen LogP contribution in [0.3, 0.4) is 0 Å². The number of nitrogen functional groups attached to an aromatic ring is 1. The summed E-state index contributed by atoms with van der Waals surface area (Å²) >= 11 is 6.11. The van der Waals surface area contributed by atoms with Crippen LogP contribution in [0.4, 0.5) is 5.69 Å². The second-order valence-electron chi connectivity index (χ2n) is 3.40. The highest BCUT2D eigenvalue weighted by Crippen LogP contribution is 2.32. The number of rotatable bonds is 1. The van der Waals surface area contributed by atoms with Crippen molar-refractivity contribution in [3.8, 4) is 0 Å². The van der Waals surface area contributed by atoms with Crippen molar-refractivity contribution in [2.45, 2.75) is 18.9 Å². The van der Waals surface area contributed by atoms with Gasteiger partial charge in [-0.3, -0.25) is 0 Å². The molecule has 2 nitrogen and oxygen atoms in total. The molecule has 1 aromatic carbocycles. The van der Waals surface area contributed by atoms with E-state index in [4.69, 9.17) is 17.3 Å². The third kappa shape index (κ3) is 1.64. The van der Waals surface area contributed by atoms with E-state index in [9.17, 15) is 0 Å². The van der Waals surface area contributed by atoms with E-state index in [1.807, 2.05) is 18.2 Å². The molecule has 70 valence electrons. The molecule has 1 aliphatic rings. The van der Waals surface area contributed by atoms with Gasteiger partial charge in [0.2, 0.25) is 0 Å². The normalized spacial score (nSPS) is 22.1. The molecule has 0 spiro atoms. The van der Waals surface area contributed by atoms with E-state index in [2.05, 4.69) is 5.32 Å². The van der Waals surface area contributed by atoms with Crippen molar-refractivity contribution >= 4 is 17.3 Å². The smallest absolute Gasteiger partial charge is 0.0683 e. The molecule has 0 bridgehead atoms. The molecule has 0 saturated carbocycles. The number of benzene rings is 1. The lowest BCUT2D eigenvalue weighted by atomic mass is 10.0. The first-order valence-corrected chi connectivity index (χ1v) is 4.94. The fourth-order valence-electron chi connectivity index (χ4n) is 1.79. The van der Waals surface area contributed by atoms with Crippen molar-refractivity contribution in [2.24, 2.45) is 0 Å². The van der Waals surface area contributed by atoms with Crippen molar-refractivity contribution in [1.82, 2.24) is 5.32 Å². The Morgan fingerprint density at radius 1 is 1.46 bits per heavy atom. The molecule has 1 fully saturated rings. The monoisotopic (exact) mass is 196 g/mol. The summed E-state index contributed by atoms with van der Waals surface area (Å²) in [6, 6.07) is 6.23. The van der Waals surface area contributed by atoms with Crippen molar-refractivity contribution < 1.29 is 0 Å². The van der Waals surface area contributed by atoms with Crippen LogP contribution in [0.25, 0.3) is 0 Å². The predicted molar refractivity (Wildman–Crippen MR) is 55.8 cm³/mol. The van der Waals surface area contributed by atoms with Gasteiger partial charge in [0.1, 0.15) is 0 Å². The lowest BCUT2D eigenvalue weighted by Crippen LogP contribution is -2.13. The average molecular weight is 197 g/mol. The molecule has 3 N–H and O–H groups in total. The summed E-state index contributed by atoms with van der Waals surface area (Å²) < 4.78 is 0. The molecule has 0 aromatic heterocycles. The summed E-state index contributed by atoms with van der Waals surface area (Å²) in [4.78, 5) is 0. The van der Waals surface area contributed by atoms with Crippen molar-refractivity contribution in [3.63, 3.8) is 0 Å². The Bertz CT molecular complexity index is 306. The van der Waals surface area contributed by atoms with Crippen molar-refractivity contribution in [2.75, 3.05) is 12.3 Å². The van der Waals surface area contributed by atoms with Crippen LogP contribution < -0.4 is 11.1 Å². The second kappa shape index (κ2) is 3.56. The Labute approximate surface area is 83.1 Å². The zero-order chi connectivity index (χ0) is 9.26. The molecule has 13 heavy (non-hydrogen) atoms. The zero-order valence-electron chi connectivity index (χ0n) is 7.39. The van der Waals surface area contributed by atoms with Crippen molar-refractivity contribution in [3.05, 3.63) is 28.8 Å². The van der Waals surface area contributed by atoms with Gasteiger partial charge in [-0.1, -0.05) is 23.7 Å². The van der Waals surface area contributed by atoms with Crippen LogP contribution in [-0.2, 0) is 0 Å². The molecule has 1 aromatic rings. The van der Waals surface area contributed by atoms with E-state index in [-0.39, 0.29) is 0 Å². The molecule has 1 unspecified atom stereocenters. The number of anilines is 1. The standard InChI is InChI=1S/C10H13ClN2/c11-10-7(3-1-4-8(10)12)9-5-2-6-13-9/h1,3-4,9,13H,2,5-6,12H2. The summed E-state index contributed by atoms with van der Waals surface area (Å²) in [5, 5.41) is 4.11. The van der Waals surface area contributed by atoms with E-state index in [0.717, 1.165) is 18.5 Å². The van der Waals surface area contributed by atoms with E-state index in [0.29, 0.717) is 16.8 Å². The third-order valence-corrected chi connectivity index (χ3v) is 2.93. The average Bonchev–Trinajstić information content (AvgIpc) is 2.62. The van der Waals surface area contributed by atoms with Gasteiger partial charge < -0.3 is 11.1 Å². The SMILES string of the molecule is Nc1cccc(C2CCCN2)c1Cl. The Morgan fingerprint density at radius 3 is 3.00 bits per heavy atom. The van der Waals surface area contributed by atoms with Crippen LogP contribution in [0.5, 0.6) is 0 Å². The minimum Gasteiger partial charge on any atom is -0.398 e. The van der Waals surface area contributed by atoms with Crippen LogP contribution in [0.1, 0.15) is 24.4 Å². The Hall–Kier alpha value is -0.730. The van der Waals surface area contributed by atoms with Gasteiger partial charge in [-0.15, -0.1) is 0 Å². The summed E-state index contributed by atoms with van der Waals surface area (Å²) in [5.74, 6) is 0. The number of halogens is 1. The molecule has 1 aliphatic heterocycles. The van der Waals surface area contributed by atoms with E-state index in [1.165, 1.54) is 6.42 Å². The number of hydrogen-bond donors (Lipinski definition) is 2. The maximum Gasteiger partial charge on any atom is 0.0683 e. The van der Waals surface area contributed by atoms with Gasteiger partial charge in [0.05, 0.1) is 10.7 Å². The molecule has 3 heteroatoms. The molecule has 0 aliphatic carbocycles. The predicted octanol–water partition coefficient (Wildman–Crippen LogP) is 2.35. The Morgan fingerprint density at radius 2 is 2.31 bits per heavy atom. The third-order valence-electron chi connectivity index (χ3n) is 2.49. The summed E-state index contributed by atoms with van der Waals surface area (Å²) in [5.41, 5.74) is 7.54. The van der Waals surface area contributed by atoms with Gasteiger partial charge in [0, 0.05) is 6.04 Å². The van der Waals surface area contributed by atoms with Crippen molar-refractivity contribution in [1.29, 1.82) is 0 Å². The lowest BCUT2D eigenvalue weighted by Gasteiger charge is -2.13. The van der Waals surface area contributed by atoms with Crippen LogP contribution in [0.2, 0.25) is 5.02 Å². The maximum atomic E-state index is 6.11. The highest BCUT2D eigenvalue weighted by molar-refractivity contribution is 6.33. The topological polar surface area (TPSA) is 38.0 Å². The molecule has 1 heterocycles. The fourth-order valence-corrected chi connectivity index (χ4v) is 2.05. The molecule has 0 radical (unpaired) electrons. The first-order chi connectivity index (χ1) is 6.29. The summed E-state index contributed by atoms with van der Waals surface area (Å²) in [6.45, 7) is 1.08. The van der Waals surface area contributed by atoms with Gasteiger partial charge in [-0.2, -0.15) is 0 Å². The fraction of sp³-hybridized carbons (Fsp3) is 0.400. The number of nitrogens with one attached hydrogen (secondary N) is 1. The van der Waals surface area contributed by atoms with Crippen LogP contribution in [0, 0.1) is 0 Å². The number of hydrogen-bond acceptors (Lipinski definition) is 2. The molecule has 0 amide bonds.